The van der Waals surface area contributed by atoms with Gasteiger partial charge >= 0.3 is 19.9 Å². The SMILES string of the molecule is CCCC(O[C@@H](C[C@H](Cc1ccccc1)N(C(=O)N(C)Cc1csc(C(C)C)n1)[C@H](C(N)=O)C(C)C)[C@H](Cc1ccccc1)NC(=O)OCc1cncs1)OP(=O)(O)O. The Labute approximate surface area is 354 Å². The second-order valence-corrected chi connectivity index (χ2v) is 18.1. The number of nitrogens with two attached hydrogens (primary N) is 1. The number of urea groups is 1. The number of primary amides is 1. The summed E-state index contributed by atoms with van der Waals surface area (Å²) in [6.45, 7) is 9.62. The molecule has 0 fully saturated rings. The van der Waals surface area contributed by atoms with E-state index in [0.29, 0.717) is 12.1 Å². The van der Waals surface area contributed by atoms with Crippen molar-refractivity contribution in [2.45, 2.75) is 116 Å². The van der Waals surface area contributed by atoms with Crippen molar-refractivity contribution in [2.75, 3.05) is 7.05 Å². The summed E-state index contributed by atoms with van der Waals surface area (Å²) in [6.07, 6.45) is -0.800. The Morgan fingerprint density at radius 1 is 0.966 bits per heavy atom. The maximum absolute atomic E-state index is 15.0. The van der Waals surface area contributed by atoms with Crippen LogP contribution in [0.5, 0.6) is 0 Å². The molecule has 0 spiro atoms. The Bertz CT molecular complexity index is 1930. The maximum atomic E-state index is 15.0. The van der Waals surface area contributed by atoms with Gasteiger partial charge in [-0.05, 0) is 42.7 Å². The summed E-state index contributed by atoms with van der Waals surface area (Å²) >= 11 is 2.83. The first-order chi connectivity index (χ1) is 28.0. The molecule has 4 rings (SSSR count). The molecular weight excluding hydrogens is 816 g/mol. The van der Waals surface area contributed by atoms with Gasteiger partial charge in [0, 0.05) is 30.6 Å². The van der Waals surface area contributed by atoms with Crippen molar-refractivity contribution in [2.24, 2.45) is 11.7 Å². The predicted octanol–water partition coefficient (Wildman–Crippen LogP) is 7.25. The van der Waals surface area contributed by atoms with Crippen LogP contribution in [-0.2, 0) is 49.4 Å². The zero-order chi connectivity index (χ0) is 43.1. The number of hydrogen-bond acceptors (Lipinski definition) is 11. The van der Waals surface area contributed by atoms with Crippen LogP contribution < -0.4 is 11.1 Å². The van der Waals surface area contributed by atoms with Gasteiger partial charge in [0.05, 0.1) is 39.8 Å². The number of hydrogen-bond donors (Lipinski definition) is 4. The van der Waals surface area contributed by atoms with Gasteiger partial charge in [0.1, 0.15) is 12.6 Å². The van der Waals surface area contributed by atoms with E-state index in [2.05, 4.69) is 10.3 Å². The molecule has 0 saturated carbocycles. The van der Waals surface area contributed by atoms with E-state index in [9.17, 15) is 28.7 Å². The smallest absolute Gasteiger partial charge is 0.444 e. The van der Waals surface area contributed by atoms with E-state index in [1.165, 1.54) is 32.5 Å². The van der Waals surface area contributed by atoms with E-state index in [4.69, 9.17) is 24.7 Å². The third-order valence-corrected chi connectivity index (χ3v) is 11.9. The molecule has 2 aromatic carbocycles. The third kappa shape index (κ3) is 15.4. The van der Waals surface area contributed by atoms with Crippen molar-refractivity contribution < 1.29 is 42.7 Å². The lowest BCUT2D eigenvalue weighted by Gasteiger charge is -2.43. The van der Waals surface area contributed by atoms with Crippen LogP contribution in [0.25, 0.3) is 0 Å². The van der Waals surface area contributed by atoms with Crippen LogP contribution in [-0.4, -0.2) is 85.2 Å². The number of thiazole rings is 2. The van der Waals surface area contributed by atoms with Gasteiger partial charge in [0.15, 0.2) is 6.29 Å². The number of nitrogens with one attached hydrogen (secondary N) is 1. The fraction of sp³-hybridized carbons (Fsp3) is 0.488. The highest BCUT2D eigenvalue weighted by atomic mass is 32.1. The third-order valence-electron chi connectivity index (χ3n) is 9.43. The molecule has 59 heavy (non-hydrogen) atoms. The molecule has 15 nitrogen and oxygen atoms in total. The van der Waals surface area contributed by atoms with Crippen molar-refractivity contribution in [1.82, 2.24) is 25.1 Å². The molecular formula is C41H57N6O9PS2. The molecule has 0 saturated heterocycles. The summed E-state index contributed by atoms with van der Waals surface area (Å²) in [6, 6.07) is 15.4. The fourth-order valence-electron chi connectivity index (χ4n) is 6.74. The van der Waals surface area contributed by atoms with Crippen LogP contribution in [0, 0.1) is 5.92 Å². The second kappa shape index (κ2) is 23.0. The zero-order valence-electron chi connectivity index (χ0n) is 34.4. The number of phosphoric ester groups is 1. The minimum atomic E-state index is -5.07. The molecule has 1 unspecified atom stereocenters. The van der Waals surface area contributed by atoms with Gasteiger partial charge in [-0.2, -0.15) is 0 Å². The van der Waals surface area contributed by atoms with Gasteiger partial charge in [-0.1, -0.05) is 102 Å². The highest BCUT2D eigenvalue weighted by Crippen LogP contribution is 2.40. The number of carbonyl (C=O) groups excluding carboxylic acids is 3. The Morgan fingerprint density at radius 3 is 2.14 bits per heavy atom. The Balaban J connectivity index is 1.85. The first-order valence-electron chi connectivity index (χ1n) is 19.6. The van der Waals surface area contributed by atoms with Gasteiger partial charge in [-0.15, -0.1) is 22.7 Å². The molecule has 2 heterocycles. The molecule has 0 radical (unpaired) electrons. The number of ether oxygens (including phenoxy) is 2. The number of nitrogens with zero attached hydrogens (tertiary/aromatic N) is 4. The topological polar surface area (TPSA) is 207 Å². The van der Waals surface area contributed by atoms with E-state index < -0.39 is 62.3 Å². The Morgan fingerprint density at radius 2 is 1.61 bits per heavy atom. The molecule has 4 amide bonds. The molecule has 5 atom stereocenters. The average Bonchev–Trinajstić information content (AvgIpc) is 3.88. The largest absolute Gasteiger partial charge is 0.471 e. The first-order valence-corrected chi connectivity index (χ1v) is 22.9. The van der Waals surface area contributed by atoms with E-state index in [1.807, 2.05) is 101 Å². The van der Waals surface area contributed by atoms with E-state index in [-0.39, 0.29) is 44.8 Å². The number of benzene rings is 2. The number of amides is 4. The highest BCUT2D eigenvalue weighted by molar-refractivity contribution is 7.46. The Hall–Kier alpha value is -4.22. The quantitative estimate of drug-likeness (QED) is 0.0431. The standard InChI is InChI=1S/C41H57N6O9PS2/c1-7-14-36(56-57(51,52)53)55-35(34(20-30-17-12-9-13-18-30)45-40(49)54-24-33-22-43-26-59-33)21-32(19-29-15-10-8-11-16-29)47(37(27(2)3)38(42)48)41(50)46(6)23-31-25-58-39(44-31)28(4)5/h8-13,15-18,22,25-28,32,34-37H,7,14,19-21,23-24H2,1-6H3,(H2,42,48)(H,45,49)(H2,51,52,53)/t32-,34-,35-,36?,37-/m0/s1. The monoisotopic (exact) mass is 872 g/mol. The van der Waals surface area contributed by atoms with Crippen LogP contribution in [0.2, 0.25) is 0 Å². The van der Waals surface area contributed by atoms with E-state index in [1.54, 1.807) is 18.8 Å². The summed E-state index contributed by atoms with van der Waals surface area (Å²) in [7, 11) is -3.43. The molecule has 322 valence electrons. The summed E-state index contributed by atoms with van der Waals surface area (Å²) in [4.78, 5) is 74.4. The number of rotatable bonds is 23. The van der Waals surface area contributed by atoms with Crippen molar-refractivity contribution >= 4 is 48.5 Å². The molecule has 0 aliphatic heterocycles. The minimum Gasteiger partial charge on any atom is -0.444 e. The fourth-order valence-corrected chi connectivity index (χ4v) is 8.53. The second-order valence-electron chi connectivity index (χ2n) is 15.0. The maximum Gasteiger partial charge on any atom is 0.471 e. The number of aromatic nitrogens is 2. The molecule has 18 heteroatoms. The number of alkyl carbamates (subject to hydrolysis) is 1. The lowest BCUT2D eigenvalue weighted by molar-refractivity contribution is -0.147. The summed E-state index contributed by atoms with van der Waals surface area (Å²) < 4.78 is 29.6. The normalized spacial score (nSPS) is 14.3. The van der Waals surface area contributed by atoms with Crippen LogP contribution >= 0.6 is 30.5 Å². The molecule has 0 aliphatic rings. The van der Waals surface area contributed by atoms with Gasteiger partial charge in [0.25, 0.3) is 0 Å². The minimum absolute atomic E-state index is 0.0442. The summed E-state index contributed by atoms with van der Waals surface area (Å²) in [5.74, 6) is -0.945. The first kappa shape index (κ1) is 47.5. The number of carbonyl (C=O) groups is 3. The van der Waals surface area contributed by atoms with E-state index >= 15 is 0 Å². The summed E-state index contributed by atoms with van der Waals surface area (Å²) in [5.41, 5.74) is 10.1. The van der Waals surface area contributed by atoms with Crippen LogP contribution in [0.1, 0.15) is 86.5 Å². The molecule has 0 aliphatic carbocycles. The van der Waals surface area contributed by atoms with E-state index in [0.717, 1.165) is 21.0 Å². The summed E-state index contributed by atoms with van der Waals surface area (Å²) in [5, 5.41) is 5.79. The highest BCUT2D eigenvalue weighted by Gasteiger charge is 2.41. The van der Waals surface area contributed by atoms with Gasteiger partial charge in [-0.25, -0.2) is 19.1 Å². The lowest BCUT2D eigenvalue weighted by atomic mass is 9.90. The van der Waals surface area contributed by atoms with Gasteiger partial charge < -0.3 is 40.1 Å². The molecule has 0 bridgehead atoms. The molecule has 5 N–H and O–H groups in total. The van der Waals surface area contributed by atoms with Crippen LogP contribution in [0.15, 0.2) is 77.8 Å². The van der Waals surface area contributed by atoms with Crippen LogP contribution in [0.4, 0.5) is 9.59 Å². The average molecular weight is 873 g/mol. The van der Waals surface area contributed by atoms with Crippen molar-refractivity contribution in [3.63, 3.8) is 0 Å². The lowest BCUT2D eigenvalue weighted by Crippen LogP contribution is -2.60. The van der Waals surface area contributed by atoms with Gasteiger partial charge in [-0.3, -0.25) is 14.3 Å². The van der Waals surface area contributed by atoms with Crippen LogP contribution in [0.3, 0.4) is 0 Å². The Kier molecular flexibility index (Phi) is 18.5. The van der Waals surface area contributed by atoms with Crippen molar-refractivity contribution in [1.29, 1.82) is 0 Å². The van der Waals surface area contributed by atoms with Crippen molar-refractivity contribution in [3.05, 3.63) is 104 Å². The molecule has 4 aromatic rings. The predicted molar refractivity (Wildman–Crippen MR) is 227 cm³/mol. The zero-order valence-corrected chi connectivity index (χ0v) is 36.9. The number of phosphoric acid groups is 1. The van der Waals surface area contributed by atoms with Gasteiger partial charge in [0.2, 0.25) is 5.91 Å². The molecule has 2 aromatic heterocycles. The van der Waals surface area contributed by atoms with Crippen molar-refractivity contribution in [3.8, 4) is 0 Å².